The van der Waals surface area contributed by atoms with Crippen LogP contribution in [0.25, 0.3) is 0 Å². The Hall–Kier alpha value is -3.48. The zero-order valence-electron chi connectivity index (χ0n) is 18.0. The minimum absolute atomic E-state index is 0.0446. The number of anilines is 2. The van der Waals surface area contributed by atoms with Crippen molar-refractivity contribution < 1.29 is 14.3 Å². The number of hydrogen-bond donors (Lipinski definition) is 1. The number of fused-ring (bicyclic) bond motifs is 1. The van der Waals surface area contributed by atoms with Gasteiger partial charge in [-0.3, -0.25) is 4.79 Å². The molecule has 0 atom stereocenters. The van der Waals surface area contributed by atoms with Crippen molar-refractivity contribution in [2.24, 2.45) is 0 Å². The van der Waals surface area contributed by atoms with Crippen molar-refractivity contribution in [1.29, 1.82) is 0 Å². The molecule has 1 amide bonds. The van der Waals surface area contributed by atoms with Crippen LogP contribution in [-0.4, -0.2) is 43.0 Å². The van der Waals surface area contributed by atoms with Crippen molar-refractivity contribution in [3.05, 3.63) is 65.9 Å². The summed E-state index contributed by atoms with van der Waals surface area (Å²) in [6, 6.07) is 16.0. The minimum atomic E-state index is -0.0446. The molecule has 0 saturated heterocycles. The summed E-state index contributed by atoms with van der Waals surface area (Å²) in [5.41, 5.74) is 3.32. The molecule has 1 aromatic heterocycles. The van der Waals surface area contributed by atoms with E-state index in [0.717, 1.165) is 34.7 Å². The summed E-state index contributed by atoms with van der Waals surface area (Å²) in [6.07, 6.45) is 3.58. The van der Waals surface area contributed by atoms with Crippen molar-refractivity contribution in [1.82, 2.24) is 9.78 Å². The molecule has 1 aliphatic rings. The van der Waals surface area contributed by atoms with Gasteiger partial charge in [-0.15, -0.1) is 0 Å². The highest BCUT2D eigenvalue weighted by Gasteiger charge is 2.12. The molecule has 1 aliphatic heterocycles. The Morgan fingerprint density at radius 2 is 1.77 bits per heavy atom. The predicted octanol–water partition coefficient (Wildman–Crippen LogP) is 3.73. The highest BCUT2D eigenvalue weighted by atomic mass is 16.5. The predicted molar refractivity (Wildman–Crippen MR) is 121 cm³/mol. The van der Waals surface area contributed by atoms with Crippen LogP contribution >= 0.6 is 0 Å². The summed E-state index contributed by atoms with van der Waals surface area (Å²) in [5.74, 6) is 2.18. The molecule has 2 aromatic carbocycles. The Balaban J connectivity index is 1.33. The summed E-state index contributed by atoms with van der Waals surface area (Å²) >= 11 is 0. The molecule has 31 heavy (non-hydrogen) atoms. The van der Waals surface area contributed by atoms with Gasteiger partial charge in [0.2, 0.25) is 5.91 Å². The first-order valence-electron chi connectivity index (χ1n) is 10.5. The SMILES string of the molecule is CN(C)c1ccc(Cn2nccc2NC(=O)CCc2ccc3c(c2)OCCCO3)cc1. The second kappa shape index (κ2) is 9.55. The third-order valence-electron chi connectivity index (χ3n) is 5.22. The molecule has 0 fully saturated rings. The number of hydrogen-bond acceptors (Lipinski definition) is 5. The summed E-state index contributed by atoms with van der Waals surface area (Å²) < 4.78 is 13.2. The van der Waals surface area contributed by atoms with Gasteiger partial charge in [0.15, 0.2) is 11.5 Å². The largest absolute Gasteiger partial charge is 0.490 e. The van der Waals surface area contributed by atoms with Crippen LogP contribution in [0.2, 0.25) is 0 Å². The third-order valence-corrected chi connectivity index (χ3v) is 5.22. The van der Waals surface area contributed by atoms with Gasteiger partial charge >= 0.3 is 0 Å². The number of aryl methyl sites for hydroxylation is 1. The maximum atomic E-state index is 12.5. The topological polar surface area (TPSA) is 68.6 Å². The van der Waals surface area contributed by atoms with Gasteiger partial charge in [-0.05, 0) is 41.8 Å². The molecule has 162 valence electrons. The van der Waals surface area contributed by atoms with Crippen LogP contribution in [-0.2, 0) is 17.8 Å². The lowest BCUT2D eigenvalue weighted by molar-refractivity contribution is -0.116. The van der Waals surface area contributed by atoms with E-state index in [-0.39, 0.29) is 5.91 Å². The van der Waals surface area contributed by atoms with Gasteiger partial charge in [0.25, 0.3) is 0 Å². The van der Waals surface area contributed by atoms with Gasteiger partial charge in [-0.1, -0.05) is 18.2 Å². The van der Waals surface area contributed by atoms with Crippen molar-refractivity contribution in [2.75, 3.05) is 37.5 Å². The van der Waals surface area contributed by atoms with Gasteiger partial charge in [-0.25, -0.2) is 4.68 Å². The normalized spacial score (nSPS) is 12.8. The van der Waals surface area contributed by atoms with Crippen molar-refractivity contribution in [3.8, 4) is 11.5 Å². The Bertz CT molecular complexity index is 1030. The molecule has 7 nitrogen and oxygen atoms in total. The molecule has 0 radical (unpaired) electrons. The highest BCUT2D eigenvalue weighted by Crippen LogP contribution is 2.30. The lowest BCUT2D eigenvalue weighted by Gasteiger charge is -2.13. The summed E-state index contributed by atoms with van der Waals surface area (Å²) in [7, 11) is 4.03. The monoisotopic (exact) mass is 420 g/mol. The molecular weight excluding hydrogens is 392 g/mol. The van der Waals surface area contributed by atoms with E-state index >= 15 is 0 Å². The van der Waals surface area contributed by atoms with E-state index in [1.165, 1.54) is 0 Å². The quantitative estimate of drug-likeness (QED) is 0.631. The van der Waals surface area contributed by atoms with Gasteiger partial charge in [-0.2, -0.15) is 5.10 Å². The second-order valence-electron chi connectivity index (χ2n) is 7.81. The lowest BCUT2D eigenvalue weighted by Crippen LogP contribution is -2.16. The number of rotatable bonds is 7. The van der Waals surface area contributed by atoms with Gasteiger partial charge in [0, 0.05) is 38.7 Å². The van der Waals surface area contributed by atoms with Gasteiger partial charge in [0.05, 0.1) is 26.0 Å². The summed E-state index contributed by atoms with van der Waals surface area (Å²) in [5, 5.41) is 7.34. The first-order chi connectivity index (χ1) is 15.1. The molecular formula is C24H28N4O3. The summed E-state index contributed by atoms with van der Waals surface area (Å²) in [6.45, 7) is 1.92. The summed E-state index contributed by atoms with van der Waals surface area (Å²) in [4.78, 5) is 14.6. The van der Waals surface area contributed by atoms with Crippen LogP contribution in [0, 0.1) is 0 Å². The van der Waals surface area contributed by atoms with Crippen LogP contribution in [0.3, 0.4) is 0 Å². The van der Waals surface area contributed by atoms with Crippen LogP contribution in [0.1, 0.15) is 24.0 Å². The first-order valence-corrected chi connectivity index (χ1v) is 10.5. The number of carbonyl (C=O) groups is 1. The average molecular weight is 421 g/mol. The third kappa shape index (κ3) is 5.36. The van der Waals surface area contributed by atoms with Crippen molar-refractivity contribution in [3.63, 3.8) is 0 Å². The van der Waals surface area contributed by atoms with E-state index in [2.05, 4.69) is 39.6 Å². The maximum Gasteiger partial charge on any atom is 0.225 e. The number of benzene rings is 2. The van der Waals surface area contributed by atoms with Crippen molar-refractivity contribution >= 4 is 17.4 Å². The van der Waals surface area contributed by atoms with E-state index in [9.17, 15) is 4.79 Å². The smallest absolute Gasteiger partial charge is 0.225 e. The molecule has 2 heterocycles. The number of ether oxygens (including phenoxy) is 2. The zero-order valence-corrected chi connectivity index (χ0v) is 18.0. The molecule has 0 unspecified atom stereocenters. The standard InChI is InChI=1S/C24H28N4O3/c1-27(2)20-8-4-19(5-9-20)17-28-23(12-13-25-28)26-24(29)11-7-18-6-10-21-22(16-18)31-15-3-14-30-21/h4-6,8-10,12-13,16H,3,7,11,14-15,17H2,1-2H3,(H,26,29). The van der Waals surface area contributed by atoms with Gasteiger partial charge in [0.1, 0.15) is 5.82 Å². The van der Waals surface area contributed by atoms with E-state index in [1.54, 1.807) is 10.9 Å². The van der Waals surface area contributed by atoms with E-state index in [1.807, 2.05) is 38.4 Å². The maximum absolute atomic E-state index is 12.5. The molecule has 0 saturated carbocycles. The van der Waals surface area contributed by atoms with Crippen LogP contribution in [0.15, 0.2) is 54.7 Å². The fourth-order valence-corrected chi connectivity index (χ4v) is 3.46. The Morgan fingerprint density at radius 3 is 2.55 bits per heavy atom. The van der Waals surface area contributed by atoms with Crippen LogP contribution < -0.4 is 19.7 Å². The molecule has 0 spiro atoms. The minimum Gasteiger partial charge on any atom is -0.490 e. The molecule has 3 aromatic rings. The average Bonchev–Trinajstić information content (AvgIpc) is 3.05. The number of amides is 1. The fourth-order valence-electron chi connectivity index (χ4n) is 3.46. The Labute approximate surface area is 182 Å². The highest BCUT2D eigenvalue weighted by molar-refractivity contribution is 5.90. The number of aromatic nitrogens is 2. The Morgan fingerprint density at radius 1 is 1.03 bits per heavy atom. The first kappa shape index (κ1) is 20.8. The number of nitrogens with one attached hydrogen (secondary N) is 1. The molecule has 7 heteroatoms. The number of nitrogens with zero attached hydrogens (tertiary/aromatic N) is 3. The van der Waals surface area contributed by atoms with Crippen molar-refractivity contribution in [2.45, 2.75) is 25.8 Å². The van der Waals surface area contributed by atoms with E-state index in [0.29, 0.717) is 38.4 Å². The second-order valence-corrected chi connectivity index (χ2v) is 7.81. The van der Waals surface area contributed by atoms with E-state index in [4.69, 9.17) is 9.47 Å². The fraction of sp³-hybridized carbons (Fsp3) is 0.333. The van der Waals surface area contributed by atoms with Gasteiger partial charge < -0.3 is 19.7 Å². The van der Waals surface area contributed by atoms with E-state index < -0.39 is 0 Å². The van der Waals surface area contributed by atoms with Crippen LogP contribution in [0.5, 0.6) is 11.5 Å². The lowest BCUT2D eigenvalue weighted by atomic mass is 10.1. The number of carbonyl (C=O) groups excluding carboxylic acids is 1. The zero-order chi connectivity index (χ0) is 21.6. The molecule has 4 rings (SSSR count). The van der Waals surface area contributed by atoms with Crippen LogP contribution in [0.4, 0.5) is 11.5 Å². The molecule has 0 bridgehead atoms. The molecule has 0 aliphatic carbocycles. The molecule has 1 N–H and O–H groups in total. The Kier molecular flexibility index (Phi) is 6.40.